The molecule has 0 aliphatic carbocycles. The van der Waals surface area contributed by atoms with Crippen LogP contribution in [0, 0.1) is 0 Å². The zero-order chi connectivity index (χ0) is 9.00. The Labute approximate surface area is 190 Å². The Morgan fingerprint density at radius 3 is 0.321 bits per heavy atom. The van der Waals surface area contributed by atoms with E-state index in [2.05, 4.69) is 0 Å². The van der Waals surface area contributed by atoms with E-state index < -0.39 is 20.8 Å². The van der Waals surface area contributed by atoms with Crippen LogP contribution in [0.15, 0.2) is 0 Å². The molecule has 0 aromatic heterocycles. The summed E-state index contributed by atoms with van der Waals surface area (Å²) in [5.41, 5.74) is 0. The summed E-state index contributed by atoms with van der Waals surface area (Å²) in [5.74, 6) is 0. The zero-order valence-electron chi connectivity index (χ0n) is 13.7. The summed E-state index contributed by atoms with van der Waals surface area (Å²) in [6.45, 7) is 0. The molecule has 32 N–H and O–H groups in total. The third kappa shape index (κ3) is 43700. The fourth-order valence-electron chi connectivity index (χ4n) is 0. The van der Waals surface area contributed by atoms with E-state index in [4.69, 9.17) is 35.0 Å². The minimum absolute atomic E-state index is 0. The van der Waals surface area contributed by atoms with Crippen molar-refractivity contribution >= 4 is 38.2 Å². The maximum Gasteiger partial charge on any atom is 3.00 e. The van der Waals surface area contributed by atoms with E-state index in [1.54, 1.807) is 0 Å². The fraction of sp³-hybridized carbons (Fsp3) is 0. The van der Waals surface area contributed by atoms with Crippen LogP contribution in [0.3, 0.4) is 0 Å². The predicted molar refractivity (Wildman–Crippen MR) is 84.5 cm³/mol. The minimum atomic E-state index is -5.17. The molecule has 0 fully saturated rings. The largest absolute Gasteiger partial charge is 3.00 e. The Hall–Kier alpha value is 0.632. The van der Waals surface area contributed by atoms with E-state index in [0.717, 1.165) is 0 Å². The van der Waals surface area contributed by atoms with E-state index >= 15 is 0 Å². The molecule has 0 radical (unpaired) electrons. The normalized spacial score (nSPS) is 4.14. The van der Waals surface area contributed by atoms with Crippen LogP contribution in [0.25, 0.3) is 0 Å². The second-order valence-corrected chi connectivity index (χ2v) is 2.45. The summed E-state index contributed by atoms with van der Waals surface area (Å²) in [6.07, 6.45) is 0. The van der Waals surface area contributed by atoms with Crippen LogP contribution in [0.1, 0.15) is 0 Å². The summed E-state index contributed by atoms with van der Waals surface area (Å²) >= 11 is 0. The van der Waals surface area contributed by atoms with Gasteiger partial charge in [-0.25, -0.2) is 0 Å². The van der Waals surface area contributed by atoms with Gasteiger partial charge in [-0.15, -0.1) is 0 Å². The maximum atomic E-state index is 8.52. The van der Waals surface area contributed by atoms with Gasteiger partial charge in [0.05, 0.1) is 0 Å². The minimum Gasteiger partial charge on any atom is -0.759 e. The molecule has 0 unspecified atom stereocenters. The zero-order valence-corrected chi connectivity index (χ0v) is 18.4. The van der Waals surface area contributed by atoms with Crippen LogP contribution in [-0.2, 0) is 20.8 Å². The van der Waals surface area contributed by atoms with E-state index in [9.17, 15) is 0 Å². The molecular weight excluding hydrogens is 498 g/mol. The smallest absolute Gasteiger partial charge is 0.759 e. The number of rotatable bonds is 0. The first-order valence-electron chi connectivity index (χ1n) is 1.33. The topological polar surface area (TPSA) is 665 Å². The molecule has 0 aliphatic rings. The van der Waals surface area contributed by atoms with Crippen molar-refractivity contribution in [3.8, 4) is 0 Å². The quantitative estimate of drug-likeness (QED) is 0.164. The maximum absolute atomic E-state index is 8.52. The number of hydrogen-bond donors (Lipinski definition) is 0. The van der Waals surface area contributed by atoms with Gasteiger partial charge in [0.25, 0.3) is 0 Å². The Kier molecular flexibility index (Phi) is 1290. The van der Waals surface area contributed by atoms with Gasteiger partial charge < -0.3 is 106 Å². The Bertz CT molecular complexity index is 219. The van der Waals surface area contributed by atoms with Crippen LogP contribution in [0.2, 0.25) is 0 Å². The summed E-state index contributed by atoms with van der Waals surface area (Å²) < 4.78 is 68.2. The molecule has 28 heteroatoms. The van der Waals surface area contributed by atoms with E-state index in [0.29, 0.717) is 0 Å². The molecule has 28 heavy (non-hydrogen) atoms. The van der Waals surface area contributed by atoms with Crippen molar-refractivity contribution in [2.24, 2.45) is 0 Å². The Morgan fingerprint density at radius 1 is 0.321 bits per heavy atom. The molecule has 192 valence electrons. The summed E-state index contributed by atoms with van der Waals surface area (Å²) in [6, 6.07) is 0. The molecule has 0 heterocycles. The SMILES string of the molecule is O.O.O.O.O.O.O.O.O.O.O.O.O.O.O.O.O=S(=O)([O-])[O-].O=S(=O)([O-])[O-].[Al+3].[Na+]. The molecule has 0 rings (SSSR count). The molecule has 0 spiro atoms. The fourth-order valence-corrected chi connectivity index (χ4v) is 0. The van der Waals surface area contributed by atoms with Crippen LogP contribution in [0.5, 0.6) is 0 Å². The Balaban J connectivity index is -0.00000000155. The second-order valence-electron chi connectivity index (χ2n) is 0.816. The van der Waals surface area contributed by atoms with E-state index in [-0.39, 0.29) is 135 Å². The molecule has 0 amide bonds. The van der Waals surface area contributed by atoms with Crippen LogP contribution in [0.4, 0.5) is 0 Å². The van der Waals surface area contributed by atoms with Crippen molar-refractivity contribution in [3.63, 3.8) is 0 Å². The summed E-state index contributed by atoms with van der Waals surface area (Å²) in [5, 5.41) is 0. The summed E-state index contributed by atoms with van der Waals surface area (Å²) in [4.78, 5) is 0. The van der Waals surface area contributed by atoms with Gasteiger partial charge in [0, 0.05) is 20.8 Å². The van der Waals surface area contributed by atoms with Crippen LogP contribution in [-0.4, -0.2) is 140 Å². The first-order valence-corrected chi connectivity index (χ1v) is 4.00. The van der Waals surface area contributed by atoms with Gasteiger partial charge in [0.2, 0.25) is 0 Å². The molecule has 24 nitrogen and oxygen atoms in total. The monoisotopic (exact) mass is 530 g/mol. The average Bonchev–Trinajstić information content (AvgIpc) is 1.12. The van der Waals surface area contributed by atoms with Gasteiger partial charge in [0.1, 0.15) is 0 Å². The molecule has 0 aromatic rings. The standard InChI is InChI=1S/Al.Na.2H2O4S.16H2O/c;;2*1-5(2,3)4;;;;;;;;;;;;;;;;/h;;2*(H2,1,2,3,4);16*1H2/q+3;+1;;;;;;;;;;;;;;;;;;/p-4. The predicted octanol–water partition coefficient (Wildman–Crippen LogP) is -19.2. The van der Waals surface area contributed by atoms with Gasteiger partial charge in [-0.3, -0.25) is 16.8 Å². The van der Waals surface area contributed by atoms with Crippen molar-refractivity contribution < 1.29 is 152 Å². The molecule has 0 aromatic carbocycles. The van der Waals surface area contributed by atoms with Gasteiger partial charge >= 0.3 is 46.9 Å². The van der Waals surface area contributed by atoms with Gasteiger partial charge in [-0.1, -0.05) is 0 Å². The van der Waals surface area contributed by atoms with Gasteiger partial charge in [-0.05, 0) is 0 Å². The van der Waals surface area contributed by atoms with Gasteiger partial charge in [-0.2, -0.15) is 0 Å². The molecule has 0 atom stereocenters. The van der Waals surface area contributed by atoms with Crippen molar-refractivity contribution in [2.75, 3.05) is 0 Å². The van der Waals surface area contributed by atoms with Crippen molar-refractivity contribution in [1.82, 2.24) is 0 Å². The second kappa shape index (κ2) is 123. The molecular formula is H32AlNaO24S2. The first-order chi connectivity index (χ1) is 4.00. The van der Waals surface area contributed by atoms with Crippen molar-refractivity contribution in [3.05, 3.63) is 0 Å². The van der Waals surface area contributed by atoms with Crippen molar-refractivity contribution in [2.45, 2.75) is 0 Å². The van der Waals surface area contributed by atoms with E-state index in [1.165, 1.54) is 0 Å². The first kappa shape index (κ1) is 293. The Morgan fingerprint density at radius 2 is 0.321 bits per heavy atom. The molecule has 0 saturated heterocycles. The van der Waals surface area contributed by atoms with Crippen LogP contribution >= 0.6 is 0 Å². The average molecular weight is 530 g/mol. The molecule has 0 aliphatic heterocycles. The van der Waals surface area contributed by atoms with Crippen LogP contribution < -0.4 is 29.6 Å². The van der Waals surface area contributed by atoms with Crippen molar-refractivity contribution in [1.29, 1.82) is 0 Å². The molecule has 0 saturated carbocycles. The van der Waals surface area contributed by atoms with Gasteiger partial charge in [0.15, 0.2) is 0 Å². The van der Waals surface area contributed by atoms with E-state index in [1.807, 2.05) is 0 Å². The third-order valence-corrected chi connectivity index (χ3v) is 0. The number of hydrogen-bond acceptors (Lipinski definition) is 8. The molecule has 0 bridgehead atoms. The summed E-state index contributed by atoms with van der Waals surface area (Å²) in [7, 11) is -10.3. The third-order valence-electron chi connectivity index (χ3n) is 0.